The molecule has 0 unspecified atom stereocenters. The molecule has 2 bridgehead atoms. The van der Waals surface area contributed by atoms with Crippen LogP contribution in [0.4, 0.5) is 5.00 Å². The van der Waals surface area contributed by atoms with Crippen LogP contribution in [-0.2, 0) is 20.7 Å². The summed E-state index contributed by atoms with van der Waals surface area (Å²) in [5.41, 5.74) is 2.61. The number of carbonyl (C=O) groups is 3. The Labute approximate surface area is 175 Å². The number of aliphatic carboxylic acids is 1. The summed E-state index contributed by atoms with van der Waals surface area (Å²) in [7, 11) is 0. The number of hydrogen-bond donors (Lipinski definition) is 2. The maximum atomic E-state index is 13.2. The van der Waals surface area contributed by atoms with Crippen LogP contribution in [-0.4, -0.2) is 29.6 Å². The van der Waals surface area contributed by atoms with E-state index in [-0.39, 0.29) is 24.3 Å². The Morgan fingerprint density at radius 1 is 1.17 bits per heavy atom. The lowest BCUT2D eigenvalue weighted by atomic mass is 9.79. The minimum absolute atomic E-state index is 0.0350. The number of hydrogen-bond acceptors (Lipinski definition) is 5. The third-order valence-electron chi connectivity index (χ3n) is 6.02. The Balaban J connectivity index is 1.90. The number of allylic oxidation sites excluding steroid dienone is 2. The molecule has 7 heteroatoms. The molecule has 0 aliphatic heterocycles. The van der Waals surface area contributed by atoms with E-state index in [0.717, 1.165) is 41.7 Å². The molecule has 2 saturated carbocycles. The highest BCUT2D eigenvalue weighted by Crippen LogP contribution is 2.57. The van der Waals surface area contributed by atoms with Crippen molar-refractivity contribution in [3.8, 4) is 0 Å². The molecular weight excluding hydrogens is 390 g/mol. The van der Waals surface area contributed by atoms with Crippen LogP contribution in [0.15, 0.2) is 17.2 Å². The smallest absolute Gasteiger partial charge is 0.341 e. The molecule has 6 nitrogen and oxygen atoms in total. The SMILES string of the molecule is CCCc1cc(C(=O)OCC)c(NC(=O)[C@H]2[C@@H](C(=O)O)[C@H]3CC[C@H]2C3=C(C)C)s1. The molecule has 1 aromatic heterocycles. The van der Waals surface area contributed by atoms with Gasteiger partial charge < -0.3 is 15.2 Å². The molecule has 2 fully saturated rings. The summed E-state index contributed by atoms with van der Waals surface area (Å²) < 4.78 is 5.14. The predicted octanol–water partition coefficient (Wildman–Crippen LogP) is 4.51. The van der Waals surface area contributed by atoms with Crippen molar-refractivity contribution in [1.29, 1.82) is 0 Å². The maximum Gasteiger partial charge on any atom is 0.341 e. The summed E-state index contributed by atoms with van der Waals surface area (Å²) in [6.07, 6.45) is 3.39. The first-order valence-corrected chi connectivity index (χ1v) is 11.1. The van der Waals surface area contributed by atoms with Crippen molar-refractivity contribution in [3.05, 3.63) is 27.7 Å². The fourth-order valence-electron chi connectivity index (χ4n) is 5.06. The van der Waals surface area contributed by atoms with Crippen LogP contribution in [0, 0.1) is 23.7 Å². The van der Waals surface area contributed by atoms with E-state index in [1.165, 1.54) is 11.3 Å². The number of thiophene rings is 1. The molecule has 1 aromatic rings. The molecule has 0 aromatic carbocycles. The fraction of sp³-hybridized carbons (Fsp3) is 0.591. The van der Waals surface area contributed by atoms with E-state index in [4.69, 9.17) is 4.74 Å². The van der Waals surface area contributed by atoms with Gasteiger partial charge in [-0.15, -0.1) is 11.3 Å². The summed E-state index contributed by atoms with van der Waals surface area (Å²) in [6, 6.07) is 1.78. The molecule has 0 saturated heterocycles. The van der Waals surface area contributed by atoms with Gasteiger partial charge in [0.15, 0.2) is 0 Å². The molecule has 0 spiro atoms. The lowest BCUT2D eigenvalue weighted by Gasteiger charge is -2.26. The van der Waals surface area contributed by atoms with Crippen LogP contribution in [0.1, 0.15) is 62.2 Å². The number of carboxylic acid groups (broad SMARTS) is 1. The molecule has 0 radical (unpaired) electrons. The first kappa shape index (κ1) is 21.6. The van der Waals surface area contributed by atoms with Crippen molar-refractivity contribution in [2.45, 2.75) is 53.4 Å². The van der Waals surface area contributed by atoms with Gasteiger partial charge in [-0.05, 0) is 57.9 Å². The fourth-order valence-corrected chi connectivity index (χ4v) is 6.21. The number of nitrogens with one attached hydrogen (secondary N) is 1. The third-order valence-corrected chi connectivity index (χ3v) is 7.13. The van der Waals surface area contributed by atoms with Crippen molar-refractivity contribution in [2.75, 3.05) is 11.9 Å². The number of rotatable bonds is 7. The maximum absolute atomic E-state index is 13.2. The van der Waals surface area contributed by atoms with Crippen molar-refractivity contribution in [2.24, 2.45) is 23.7 Å². The van der Waals surface area contributed by atoms with Crippen LogP contribution in [0.3, 0.4) is 0 Å². The number of fused-ring (bicyclic) bond motifs is 2. The Hall–Kier alpha value is -2.15. The number of anilines is 1. The number of aryl methyl sites for hydroxylation is 1. The molecule has 4 atom stereocenters. The standard InChI is InChI=1S/C22H29NO5S/c1-5-7-12-10-15(22(27)28-6-2)20(29-12)23-19(24)17-13-8-9-14(16(13)11(3)4)18(17)21(25)26/h10,13-14,17-18H,5-9H2,1-4H3,(H,23,24)(H,25,26)/t13-,14-,17+,18-/m0/s1. The molecule has 29 heavy (non-hydrogen) atoms. The van der Waals surface area contributed by atoms with Gasteiger partial charge in [-0.25, -0.2) is 4.79 Å². The van der Waals surface area contributed by atoms with E-state index in [0.29, 0.717) is 10.6 Å². The number of esters is 1. The minimum Gasteiger partial charge on any atom is -0.481 e. The minimum atomic E-state index is -0.917. The van der Waals surface area contributed by atoms with Gasteiger partial charge >= 0.3 is 11.9 Å². The largest absolute Gasteiger partial charge is 0.481 e. The number of carbonyl (C=O) groups excluding carboxylic acids is 2. The lowest BCUT2D eigenvalue weighted by molar-refractivity contribution is -0.148. The van der Waals surface area contributed by atoms with Gasteiger partial charge in [-0.2, -0.15) is 0 Å². The molecular formula is C22H29NO5S. The first-order chi connectivity index (χ1) is 13.8. The van der Waals surface area contributed by atoms with Gasteiger partial charge in [-0.3, -0.25) is 9.59 Å². The van der Waals surface area contributed by atoms with Gasteiger partial charge in [0.25, 0.3) is 0 Å². The normalized spacial score (nSPS) is 25.2. The molecule has 1 heterocycles. The summed E-state index contributed by atoms with van der Waals surface area (Å²) in [5.74, 6) is -3.11. The van der Waals surface area contributed by atoms with Crippen molar-refractivity contribution in [1.82, 2.24) is 0 Å². The molecule has 158 valence electrons. The van der Waals surface area contributed by atoms with Crippen LogP contribution >= 0.6 is 11.3 Å². The van der Waals surface area contributed by atoms with Crippen molar-refractivity contribution >= 4 is 34.2 Å². The number of carboxylic acids is 1. The zero-order chi connectivity index (χ0) is 21.3. The van der Waals surface area contributed by atoms with E-state index in [1.807, 2.05) is 13.8 Å². The number of amides is 1. The second-order valence-corrected chi connectivity index (χ2v) is 9.19. The summed E-state index contributed by atoms with van der Waals surface area (Å²) in [5, 5.41) is 13.2. The lowest BCUT2D eigenvalue weighted by Crippen LogP contribution is -2.37. The zero-order valence-corrected chi connectivity index (χ0v) is 18.2. The summed E-state index contributed by atoms with van der Waals surface area (Å²) in [4.78, 5) is 38.6. The van der Waals surface area contributed by atoms with Gasteiger partial charge in [0.1, 0.15) is 5.00 Å². The van der Waals surface area contributed by atoms with Gasteiger partial charge in [0, 0.05) is 4.88 Å². The van der Waals surface area contributed by atoms with Crippen molar-refractivity contribution < 1.29 is 24.2 Å². The number of ether oxygens (including phenoxy) is 1. The molecule has 3 rings (SSSR count). The van der Waals surface area contributed by atoms with Crippen molar-refractivity contribution in [3.63, 3.8) is 0 Å². The molecule has 1 amide bonds. The van der Waals surface area contributed by atoms with Gasteiger partial charge in [0.05, 0.1) is 24.0 Å². The second kappa shape index (κ2) is 8.69. The monoisotopic (exact) mass is 419 g/mol. The van der Waals surface area contributed by atoms with E-state index in [2.05, 4.69) is 12.2 Å². The van der Waals surface area contributed by atoms with E-state index >= 15 is 0 Å². The second-order valence-electron chi connectivity index (χ2n) is 8.05. The molecule has 2 aliphatic rings. The van der Waals surface area contributed by atoms with E-state index < -0.39 is 23.8 Å². The Kier molecular flexibility index (Phi) is 6.46. The highest BCUT2D eigenvalue weighted by molar-refractivity contribution is 7.16. The van der Waals surface area contributed by atoms with E-state index in [1.54, 1.807) is 13.0 Å². The summed E-state index contributed by atoms with van der Waals surface area (Å²) >= 11 is 1.37. The Morgan fingerprint density at radius 3 is 2.38 bits per heavy atom. The van der Waals surface area contributed by atoms with E-state index in [9.17, 15) is 19.5 Å². The highest BCUT2D eigenvalue weighted by atomic mass is 32.1. The Bertz CT molecular complexity index is 851. The molecule has 2 N–H and O–H groups in total. The quantitative estimate of drug-likeness (QED) is 0.501. The topological polar surface area (TPSA) is 92.7 Å². The third kappa shape index (κ3) is 3.97. The average molecular weight is 420 g/mol. The van der Waals surface area contributed by atoms with Crippen LogP contribution in [0.25, 0.3) is 0 Å². The Morgan fingerprint density at radius 2 is 1.83 bits per heavy atom. The van der Waals surface area contributed by atoms with Crippen LogP contribution in [0.2, 0.25) is 0 Å². The van der Waals surface area contributed by atoms with Gasteiger partial charge in [0.2, 0.25) is 5.91 Å². The van der Waals surface area contributed by atoms with Gasteiger partial charge in [-0.1, -0.05) is 24.5 Å². The van der Waals surface area contributed by atoms with Crippen LogP contribution in [0.5, 0.6) is 0 Å². The van der Waals surface area contributed by atoms with Crippen LogP contribution < -0.4 is 5.32 Å². The summed E-state index contributed by atoms with van der Waals surface area (Å²) in [6.45, 7) is 8.03. The predicted molar refractivity (Wildman–Crippen MR) is 112 cm³/mol. The molecule has 2 aliphatic carbocycles. The highest BCUT2D eigenvalue weighted by Gasteiger charge is 2.57. The average Bonchev–Trinajstić information content (AvgIpc) is 3.33. The zero-order valence-electron chi connectivity index (χ0n) is 17.4. The first-order valence-electron chi connectivity index (χ1n) is 10.3.